The van der Waals surface area contributed by atoms with E-state index in [9.17, 15) is 14.7 Å². The van der Waals surface area contributed by atoms with Gasteiger partial charge in [-0.15, -0.1) is 0 Å². The maximum absolute atomic E-state index is 12.4. The van der Waals surface area contributed by atoms with E-state index in [4.69, 9.17) is 23.2 Å². The summed E-state index contributed by atoms with van der Waals surface area (Å²) in [7, 11) is -5.75. The molecule has 0 spiro atoms. The van der Waals surface area contributed by atoms with Crippen LogP contribution in [0.1, 0.15) is 105 Å². The van der Waals surface area contributed by atoms with Gasteiger partial charge < -0.3 is 0 Å². The van der Waals surface area contributed by atoms with E-state index in [2.05, 4.69) is 0 Å². The van der Waals surface area contributed by atoms with Crippen molar-refractivity contribution in [2.24, 2.45) is 0 Å². The van der Waals surface area contributed by atoms with E-state index in [1.807, 2.05) is 83.1 Å². The van der Waals surface area contributed by atoms with Gasteiger partial charge >= 0.3 is 217 Å². The van der Waals surface area contributed by atoms with Gasteiger partial charge in [-0.2, -0.15) is 0 Å². The molecule has 0 aliphatic heterocycles. The minimum absolute atomic E-state index is 0.175. The third kappa shape index (κ3) is 5.66. The Morgan fingerprint density at radius 3 is 0.794 bits per heavy atom. The average molecular weight is 530 g/mol. The third-order valence-corrected chi connectivity index (χ3v) is 9.25. The second-order valence-electron chi connectivity index (χ2n) is 13.7. The Hall–Kier alpha value is -0.670. The Bertz CT molecular complexity index is 945. The first kappa shape index (κ1) is 29.6. The Morgan fingerprint density at radius 1 is 0.471 bits per heavy atom. The summed E-state index contributed by atoms with van der Waals surface area (Å²) in [6.07, 6.45) is 0. The number of hydrogen-bond acceptors (Lipinski definition) is 3. The zero-order valence-electron chi connectivity index (χ0n) is 22.9. The molecule has 34 heavy (non-hydrogen) atoms. The molecule has 3 N–H and O–H groups in total. The van der Waals surface area contributed by atoms with Crippen LogP contribution in [0.25, 0.3) is 0 Å². The summed E-state index contributed by atoms with van der Waals surface area (Å²) in [6, 6.07) is 7.00. The molecular weight excluding hydrogens is 486 g/mol. The van der Waals surface area contributed by atoms with E-state index in [0.29, 0.717) is 32.3 Å². The van der Waals surface area contributed by atoms with Gasteiger partial charge in [0.15, 0.2) is 0 Å². The number of benzene rings is 2. The summed E-state index contributed by atoms with van der Waals surface area (Å²) in [5, 5.41) is 1.34. The zero-order chi connectivity index (χ0) is 26.9. The summed E-state index contributed by atoms with van der Waals surface area (Å²) < 4.78 is 0. The molecule has 0 saturated carbocycles. The van der Waals surface area contributed by atoms with Gasteiger partial charge in [0.1, 0.15) is 0 Å². The van der Waals surface area contributed by atoms with Gasteiger partial charge in [-0.3, -0.25) is 0 Å². The summed E-state index contributed by atoms with van der Waals surface area (Å²) in [4.78, 5) is 37.3. The Labute approximate surface area is 216 Å². The number of halogens is 2. The van der Waals surface area contributed by atoms with Crippen LogP contribution in [-0.2, 0) is 21.7 Å². The first-order chi connectivity index (χ1) is 14.8. The zero-order valence-corrected chi connectivity index (χ0v) is 25.3. The van der Waals surface area contributed by atoms with E-state index < -0.39 is 28.9 Å². The van der Waals surface area contributed by atoms with Crippen molar-refractivity contribution in [3.63, 3.8) is 0 Å². The van der Waals surface area contributed by atoms with Crippen molar-refractivity contribution in [3.8, 4) is 0 Å². The molecule has 0 amide bonds. The van der Waals surface area contributed by atoms with E-state index in [1.165, 1.54) is 0 Å². The van der Waals surface area contributed by atoms with Crippen LogP contribution < -0.4 is 10.6 Å². The molecule has 2 aromatic rings. The average Bonchev–Trinajstić information content (AvgIpc) is 2.56. The fourth-order valence-electron chi connectivity index (χ4n) is 4.48. The Kier molecular flexibility index (Phi) is 7.34. The van der Waals surface area contributed by atoms with Crippen LogP contribution in [0.2, 0.25) is 10.0 Å². The molecular formula is C28H43Cl2O3P. The molecule has 192 valence electrons. The normalized spacial score (nSPS) is 15.3. The molecule has 0 saturated heterocycles. The van der Waals surface area contributed by atoms with Crippen molar-refractivity contribution in [3.05, 3.63) is 56.6 Å². The van der Waals surface area contributed by atoms with Crippen molar-refractivity contribution in [1.82, 2.24) is 0 Å². The summed E-state index contributed by atoms with van der Waals surface area (Å²) in [5.41, 5.74) is 0.382. The van der Waals surface area contributed by atoms with Gasteiger partial charge in [0.2, 0.25) is 0 Å². The molecule has 0 aliphatic rings. The molecule has 0 fully saturated rings. The number of rotatable bonds is 2. The van der Waals surface area contributed by atoms with Crippen LogP contribution in [0, 0.1) is 0 Å². The molecule has 2 rings (SSSR count). The van der Waals surface area contributed by atoms with Crippen molar-refractivity contribution in [2.75, 3.05) is 0 Å². The van der Waals surface area contributed by atoms with E-state index in [-0.39, 0.29) is 10.6 Å². The second-order valence-corrected chi connectivity index (χ2v) is 17.4. The standard InChI is InChI=1S/C28H43Cl2O3P/c1-25(2,3)19-13-17(29)14-20(26(4,5)6)23(19)34(31,32,33)24-21(27(7,8)9)15-18(30)16-22(24)28(10,11)12/h13-16,31-33H,1-12H3. The van der Waals surface area contributed by atoms with Crippen molar-refractivity contribution >= 4 is 41.1 Å². The Balaban J connectivity index is 3.34. The predicted octanol–water partition coefficient (Wildman–Crippen LogP) is 7.41. The van der Waals surface area contributed by atoms with Gasteiger partial charge in [0, 0.05) is 0 Å². The monoisotopic (exact) mass is 528 g/mol. The van der Waals surface area contributed by atoms with Gasteiger partial charge in [0.25, 0.3) is 0 Å². The second kappa shape index (κ2) is 8.44. The van der Waals surface area contributed by atoms with Crippen LogP contribution >= 0.6 is 30.5 Å². The van der Waals surface area contributed by atoms with Crippen molar-refractivity contribution < 1.29 is 14.7 Å². The van der Waals surface area contributed by atoms with E-state index in [0.717, 1.165) is 0 Å². The fourth-order valence-corrected chi connectivity index (χ4v) is 8.52. The van der Waals surface area contributed by atoms with Crippen molar-refractivity contribution in [2.45, 2.75) is 105 Å². The molecule has 0 radical (unpaired) electrons. The fraction of sp³-hybridized carbons (Fsp3) is 0.571. The molecule has 0 bridgehead atoms. The first-order valence-electron chi connectivity index (χ1n) is 11.7. The van der Waals surface area contributed by atoms with Gasteiger partial charge in [-0.05, 0) is 0 Å². The first-order valence-corrected chi connectivity index (χ1v) is 14.6. The molecule has 0 atom stereocenters. The van der Waals surface area contributed by atoms with Gasteiger partial charge in [-0.1, -0.05) is 0 Å². The van der Waals surface area contributed by atoms with Crippen LogP contribution in [0.4, 0.5) is 0 Å². The minimum atomic E-state index is -5.75. The molecule has 0 unspecified atom stereocenters. The predicted molar refractivity (Wildman–Crippen MR) is 151 cm³/mol. The summed E-state index contributed by atoms with van der Waals surface area (Å²) in [6.45, 7) is 23.8. The van der Waals surface area contributed by atoms with Crippen molar-refractivity contribution in [1.29, 1.82) is 0 Å². The van der Waals surface area contributed by atoms with Crippen LogP contribution in [0.5, 0.6) is 0 Å². The van der Waals surface area contributed by atoms with Gasteiger partial charge in [-0.25, -0.2) is 0 Å². The van der Waals surface area contributed by atoms with Crippen LogP contribution in [-0.4, -0.2) is 14.7 Å². The molecule has 2 aromatic carbocycles. The van der Waals surface area contributed by atoms with E-state index in [1.54, 1.807) is 24.3 Å². The topological polar surface area (TPSA) is 60.7 Å². The maximum atomic E-state index is 12.4. The summed E-state index contributed by atoms with van der Waals surface area (Å²) in [5.74, 6) is 0. The molecule has 3 nitrogen and oxygen atoms in total. The Morgan fingerprint density at radius 2 is 0.647 bits per heavy atom. The SMILES string of the molecule is CC(C)(C)c1cc(Cl)cc(C(C)(C)C)c1P(O)(O)(O)c1c(C(C)(C)C)cc(Cl)cc1C(C)(C)C. The summed E-state index contributed by atoms with van der Waals surface area (Å²) >= 11 is 13.1. The quantitative estimate of drug-likeness (QED) is 0.355. The number of hydrogen-bond donors (Lipinski definition) is 3. The van der Waals surface area contributed by atoms with Gasteiger partial charge in [0.05, 0.1) is 0 Å². The molecule has 6 heteroatoms. The van der Waals surface area contributed by atoms with Crippen LogP contribution in [0.15, 0.2) is 24.3 Å². The molecule has 0 aliphatic carbocycles. The third-order valence-electron chi connectivity index (χ3n) is 6.21. The molecule has 0 heterocycles. The van der Waals surface area contributed by atoms with Crippen LogP contribution in [0.3, 0.4) is 0 Å². The van der Waals surface area contributed by atoms with E-state index >= 15 is 0 Å². The molecule has 0 aromatic heterocycles.